The summed E-state index contributed by atoms with van der Waals surface area (Å²) in [6.45, 7) is 0. The fourth-order valence-electron chi connectivity index (χ4n) is 1.94. The first kappa shape index (κ1) is 12.3. The van der Waals surface area contributed by atoms with Crippen LogP contribution in [0.25, 0.3) is 4.96 Å². The second-order valence-electron chi connectivity index (χ2n) is 4.04. The molecule has 0 spiro atoms. The first-order valence-electron chi connectivity index (χ1n) is 5.58. The van der Waals surface area contributed by atoms with E-state index < -0.39 is 0 Å². The van der Waals surface area contributed by atoms with Gasteiger partial charge < -0.3 is 5.32 Å². The number of hydrogen-bond donors (Lipinski definition) is 1. The zero-order valence-corrected chi connectivity index (χ0v) is 13.0. The fraction of sp³-hybridized carbons (Fsp3) is 0.250. The number of aromatic nitrogens is 2. The third kappa shape index (κ3) is 2.38. The van der Waals surface area contributed by atoms with E-state index in [2.05, 4.69) is 53.7 Å². The van der Waals surface area contributed by atoms with Gasteiger partial charge in [-0.3, -0.25) is 4.40 Å². The van der Waals surface area contributed by atoms with E-state index in [0.29, 0.717) is 6.04 Å². The molecule has 1 N–H and O–H groups in total. The molecule has 6 heteroatoms. The molecular weight excluding hydrogens is 330 g/mol. The van der Waals surface area contributed by atoms with Crippen LogP contribution in [0.3, 0.4) is 0 Å². The van der Waals surface area contributed by atoms with Crippen molar-refractivity contribution in [3.05, 3.63) is 44.3 Å². The summed E-state index contributed by atoms with van der Waals surface area (Å²) in [6.07, 6.45) is 5.07. The predicted molar refractivity (Wildman–Crippen MR) is 80.6 cm³/mol. The molecule has 3 heterocycles. The summed E-state index contributed by atoms with van der Waals surface area (Å²) in [4.78, 5) is 7.02. The molecule has 0 fully saturated rings. The lowest BCUT2D eigenvalue weighted by Gasteiger charge is -2.12. The average molecular weight is 342 g/mol. The van der Waals surface area contributed by atoms with Crippen LogP contribution in [0, 0.1) is 0 Å². The van der Waals surface area contributed by atoms with Gasteiger partial charge in [0.2, 0.25) is 0 Å². The van der Waals surface area contributed by atoms with Crippen LogP contribution >= 0.6 is 38.6 Å². The summed E-state index contributed by atoms with van der Waals surface area (Å²) >= 11 is 6.94. The number of rotatable bonds is 4. The maximum absolute atomic E-state index is 4.63. The minimum absolute atomic E-state index is 0.325. The topological polar surface area (TPSA) is 29.3 Å². The van der Waals surface area contributed by atoms with Gasteiger partial charge in [-0.2, -0.15) is 0 Å². The van der Waals surface area contributed by atoms with Crippen LogP contribution in [0.5, 0.6) is 0 Å². The molecule has 0 radical (unpaired) electrons. The van der Waals surface area contributed by atoms with Gasteiger partial charge in [-0.25, -0.2) is 4.98 Å². The largest absolute Gasteiger partial charge is 0.312 e. The third-order valence-corrected chi connectivity index (χ3v) is 5.41. The number of imidazole rings is 1. The lowest BCUT2D eigenvalue weighted by atomic mass is 10.1. The second-order valence-corrected chi connectivity index (χ2v) is 6.77. The minimum Gasteiger partial charge on any atom is -0.312 e. The highest BCUT2D eigenvalue weighted by molar-refractivity contribution is 9.10. The number of hydrogen-bond acceptors (Lipinski definition) is 4. The molecule has 3 rings (SSSR count). The van der Waals surface area contributed by atoms with Crippen molar-refractivity contribution in [3.8, 4) is 0 Å². The standard InChI is InChI=1S/C12H12BrN3S2/c1-14-10(11-4-8(13)7-18-11)5-9-6-16-2-3-17-12(16)15-9/h2-4,6-7,10,14H,5H2,1H3. The Balaban J connectivity index is 1.83. The quantitative estimate of drug-likeness (QED) is 0.783. The van der Waals surface area contributed by atoms with Gasteiger partial charge in [0.15, 0.2) is 4.96 Å². The summed E-state index contributed by atoms with van der Waals surface area (Å²) in [7, 11) is 2.00. The van der Waals surface area contributed by atoms with Crippen LogP contribution < -0.4 is 5.32 Å². The molecule has 0 saturated carbocycles. The van der Waals surface area contributed by atoms with Gasteiger partial charge in [-0.1, -0.05) is 0 Å². The minimum atomic E-state index is 0.325. The molecular formula is C12H12BrN3S2. The lowest BCUT2D eigenvalue weighted by Crippen LogP contribution is -2.17. The zero-order chi connectivity index (χ0) is 12.5. The smallest absolute Gasteiger partial charge is 0.193 e. The first-order chi connectivity index (χ1) is 8.76. The van der Waals surface area contributed by atoms with Gasteiger partial charge in [0.25, 0.3) is 0 Å². The molecule has 1 unspecified atom stereocenters. The van der Waals surface area contributed by atoms with E-state index in [1.165, 1.54) is 4.88 Å². The summed E-state index contributed by atoms with van der Waals surface area (Å²) < 4.78 is 3.23. The number of thiazole rings is 1. The summed E-state index contributed by atoms with van der Waals surface area (Å²) in [5.74, 6) is 0. The Kier molecular flexibility index (Phi) is 3.52. The number of fused-ring (bicyclic) bond motifs is 1. The van der Waals surface area contributed by atoms with E-state index in [9.17, 15) is 0 Å². The summed E-state index contributed by atoms with van der Waals surface area (Å²) in [5.41, 5.74) is 1.13. The molecule has 94 valence electrons. The van der Waals surface area contributed by atoms with Crippen molar-refractivity contribution < 1.29 is 0 Å². The van der Waals surface area contributed by atoms with Gasteiger partial charge in [-0.15, -0.1) is 22.7 Å². The molecule has 0 aliphatic heterocycles. The van der Waals surface area contributed by atoms with E-state index in [1.807, 2.05) is 13.2 Å². The molecule has 1 atom stereocenters. The van der Waals surface area contributed by atoms with Crippen LogP contribution in [0.2, 0.25) is 0 Å². The SMILES string of the molecule is CNC(Cc1cn2ccsc2n1)c1cc(Br)cs1. The number of thiophene rings is 1. The Morgan fingerprint density at radius 2 is 2.39 bits per heavy atom. The van der Waals surface area contributed by atoms with Crippen LogP contribution in [-0.4, -0.2) is 16.4 Å². The van der Waals surface area contributed by atoms with E-state index in [-0.39, 0.29) is 0 Å². The van der Waals surface area contributed by atoms with Crippen molar-refractivity contribution >= 4 is 43.6 Å². The van der Waals surface area contributed by atoms with Crippen molar-refractivity contribution in [2.24, 2.45) is 0 Å². The summed E-state index contributed by atoms with van der Waals surface area (Å²) in [6, 6.07) is 2.50. The van der Waals surface area contributed by atoms with E-state index >= 15 is 0 Å². The highest BCUT2D eigenvalue weighted by Crippen LogP contribution is 2.27. The van der Waals surface area contributed by atoms with Gasteiger partial charge in [0.05, 0.1) is 5.69 Å². The Bertz CT molecular complexity index is 626. The third-order valence-electron chi connectivity index (χ3n) is 2.84. The number of halogens is 1. The molecule has 18 heavy (non-hydrogen) atoms. The molecule has 0 amide bonds. The normalized spacial score (nSPS) is 13.2. The molecule has 0 aliphatic carbocycles. The Labute approximate surface area is 122 Å². The van der Waals surface area contributed by atoms with E-state index in [1.54, 1.807) is 22.7 Å². The fourth-order valence-corrected chi connectivity index (χ4v) is 4.21. The molecule has 0 bridgehead atoms. The highest BCUT2D eigenvalue weighted by Gasteiger charge is 2.14. The van der Waals surface area contributed by atoms with Crippen LogP contribution in [0.4, 0.5) is 0 Å². The Morgan fingerprint density at radius 3 is 3.06 bits per heavy atom. The van der Waals surface area contributed by atoms with Crippen molar-refractivity contribution in [3.63, 3.8) is 0 Å². The van der Waals surface area contributed by atoms with Crippen molar-refractivity contribution in [1.82, 2.24) is 14.7 Å². The molecule has 3 aromatic heterocycles. The monoisotopic (exact) mass is 341 g/mol. The van der Waals surface area contributed by atoms with Crippen molar-refractivity contribution in [2.75, 3.05) is 7.05 Å². The van der Waals surface area contributed by atoms with Crippen molar-refractivity contribution in [1.29, 1.82) is 0 Å². The van der Waals surface area contributed by atoms with E-state index in [0.717, 1.165) is 21.5 Å². The van der Waals surface area contributed by atoms with Crippen LogP contribution in [0.1, 0.15) is 16.6 Å². The predicted octanol–water partition coefficient (Wildman–Crippen LogP) is 3.72. The molecule has 0 saturated heterocycles. The number of nitrogens with one attached hydrogen (secondary N) is 1. The van der Waals surface area contributed by atoms with Crippen LogP contribution in [0.15, 0.2) is 33.7 Å². The Morgan fingerprint density at radius 1 is 1.50 bits per heavy atom. The first-order valence-corrected chi connectivity index (χ1v) is 8.14. The lowest BCUT2D eigenvalue weighted by molar-refractivity contribution is 0.596. The number of likely N-dealkylation sites (N-methyl/N-ethyl adjacent to an activating group) is 1. The maximum Gasteiger partial charge on any atom is 0.193 e. The van der Waals surface area contributed by atoms with Gasteiger partial charge in [0, 0.05) is 45.0 Å². The zero-order valence-electron chi connectivity index (χ0n) is 9.76. The van der Waals surface area contributed by atoms with E-state index in [4.69, 9.17) is 0 Å². The molecule has 0 aliphatic rings. The summed E-state index contributed by atoms with van der Waals surface area (Å²) in [5, 5.41) is 7.53. The van der Waals surface area contributed by atoms with Crippen molar-refractivity contribution in [2.45, 2.75) is 12.5 Å². The maximum atomic E-state index is 4.63. The van der Waals surface area contributed by atoms with Crippen LogP contribution in [-0.2, 0) is 6.42 Å². The average Bonchev–Trinajstić information content (AvgIpc) is 3.00. The second kappa shape index (κ2) is 5.13. The molecule has 3 nitrogen and oxygen atoms in total. The molecule has 3 aromatic rings. The van der Waals surface area contributed by atoms with Gasteiger partial charge in [-0.05, 0) is 29.0 Å². The highest BCUT2D eigenvalue weighted by atomic mass is 79.9. The van der Waals surface area contributed by atoms with Gasteiger partial charge in [0.1, 0.15) is 0 Å². The molecule has 0 aromatic carbocycles. The van der Waals surface area contributed by atoms with Gasteiger partial charge >= 0.3 is 0 Å². The number of nitrogens with zero attached hydrogens (tertiary/aromatic N) is 2. The Hall–Kier alpha value is -0.690.